The van der Waals surface area contributed by atoms with Crippen LogP contribution in [0.4, 0.5) is 0 Å². The van der Waals surface area contributed by atoms with Crippen molar-refractivity contribution in [1.82, 2.24) is 14.5 Å². The number of H-pyrrole nitrogens is 1. The maximum Gasteiger partial charge on any atom is 0.179 e. The fraction of sp³-hybridized carbons (Fsp3) is 0.500. The third-order valence-electron chi connectivity index (χ3n) is 3.24. The van der Waals surface area contributed by atoms with Gasteiger partial charge < -0.3 is 9.55 Å². The summed E-state index contributed by atoms with van der Waals surface area (Å²) in [5.74, 6) is 1.28. The normalized spacial score (nSPS) is 20.4. The highest BCUT2D eigenvalue weighted by Gasteiger charge is 2.16. The average Bonchev–Trinajstić information content (AvgIpc) is 2.66. The molecular formula is C12H14BrN3S2. The monoisotopic (exact) mass is 343 g/mol. The summed E-state index contributed by atoms with van der Waals surface area (Å²) in [6, 6.07) is 2.03. The Bertz CT molecular complexity index is 613. The first-order valence-electron chi connectivity index (χ1n) is 6.10. The molecule has 0 radical (unpaired) electrons. The van der Waals surface area contributed by atoms with Crippen LogP contribution >= 0.6 is 39.9 Å². The van der Waals surface area contributed by atoms with Gasteiger partial charge in [0.2, 0.25) is 0 Å². The minimum absolute atomic E-state index is 0.676. The Morgan fingerprint density at radius 1 is 1.56 bits per heavy atom. The van der Waals surface area contributed by atoms with Gasteiger partial charge in [-0.05, 0) is 52.8 Å². The maximum absolute atomic E-state index is 5.41. The van der Waals surface area contributed by atoms with Crippen molar-refractivity contribution in [2.24, 2.45) is 0 Å². The minimum atomic E-state index is 0.676. The second-order valence-electron chi connectivity index (χ2n) is 4.55. The molecular weight excluding hydrogens is 330 g/mol. The van der Waals surface area contributed by atoms with Crippen molar-refractivity contribution >= 4 is 51.1 Å². The van der Waals surface area contributed by atoms with E-state index in [4.69, 9.17) is 12.2 Å². The molecule has 2 aromatic heterocycles. The van der Waals surface area contributed by atoms with Gasteiger partial charge in [0.25, 0.3) is 0 Å². The summed E-state index contributed by atoms with van der Waals surface area (Å²) in [4.78, 5) is 7.71. The summed E-state index contributed by atoms with van der Waals surface area (Å²) >= 11 is 10.9. The van der Waals surface area contributed by atoms with Crippen LogP contribution in [-0.2, 0) is 6.54 Å². The van der Waals surface area contributed by atoms with Crippen molar-refractivity contribution < 1.29 is 0 Å². The number of hydrogen-bond acceptors (Lipinski definition) is 3. The molecule has 1 aliphatic heterocycles. The van der Waals surface area contributed by atoms with Crippen molar-refractivity contribution in [2.45, 2.75) is 31.1 Å². The van der Waals surface area contributed by atoms with E-state index in [9.17, 15) is 0 Å². The number of pyridine rings is 1. The lowest BCUT2D eigenvalue weighted by Crippen LogP contribution is -2.17. The Hall–Kier alpha value is -0.330. The molecule has 1 atom stereocenters. The summed E-state index contributed by atoms with van der Waals surface area (Å²) in [5.41, 5.74) is 1.98. The molecule has 3 heterocycles. The van der Waals surface area contributed by atoms with Gasteiger partial charge in [-0.3, -0.25) is 0 Å². The summed E-state index contributed by atoms with van der Waals surface area (Å²) in [5, 5.41) is 0.676. The Morgan fingerprint density at radius 3 is 3.22 bits per heavy atom. The van der Waals surface area contributed by atoms with Gasteiger partial charge in [-0.25, -0.2) is 4.98 Å². The second-order valence-corrected chi connectivity index (χ2v) is 7.26. The third-order valence-corrected chi connectivity index (χ3v) is 5.37. The first kappa shape index (κ1) is 12.7. The van der Waals surface area contributed by atoms with Crippen molar-refractivity contribution in [3.05, 3.63) is 21.5 Å². The number of thioether (sulfide) groups is 1. The zero-order valence-electron chi connectivity index (χ0n) is 9.86. The van der Waals surface area contributed by atoms with Crippen molar-refractivity contribution in [2.75, 3.05) is 5.75 Å². The fourth-order valence-electron chi connectivity index (χ4n) is 2.34. The van der Waals surface area contributed by atoms with Gasteiger partial charge in [0.05, 0.1) is 5.52 Å². The molecule has 0 amide bonds. The van der Waals surface area contributed by atoms with Crippen molar-refractivity contribution in [1.29, 1.82) is 0 Å². The van der Waals surface area contributed by atoms with Crippen LogP contribution < -0.4 is 0 Å². The van der Waals surface area contributed by atoms with Gasteiger partial charge in [0.1, 0.15) is 0 Å². The predicted octanol–water partition coefficient (Wildman–Crippen LogP) is 4.14. The number of nitrogens with zero attached hydrogens (tertiary/aromatic N) is 2. The largest absolute Gasteiger partial charge is 0.329 e. The van der Waals surface area contributed by atoms with E-state index in [0.717, 1.165) is 27.0 Å². The summed E-state index contributed by atoms with van der Waals surface area (Å²) in [6.07, 6.45) is 5.81. The summed E-state index contributed by atoms with van der Waals surface area (Å²) in [7, 11) is 0. The lowest BCUT2D eigenvalue weighted by atomic mass is 10.2. The molecule has 2 aromatic rings. The standard InChI is InChI=1S/C12H14BrN3S2/c13-8-5-10-11(14-6-8)16(12(17)15-10)7-9-3-1-2-4-18-9/h5-6,9H,1-4,7H2,(H,15,17). The lowest BCUT2D eigenvalue weighted by Gasteiger charge is -2.21. The molecule has 96 valence electrons. The number of halogens is 1. The molecule has 1 fully saturated rings. The van der Waals surface area contributed by atoms with E-state index >= 15 is 0 Å². The number of aromatic nitrogens is 3. The van der Waals surface area contributed by atoms with Gasteiger partial charge in [-0.2, -0.15) is 11.8 Å². The first-order chi connectivity index (χ1) is 8.74. The number of aromatic amines is 1. The Balaban J connectivity index is 1.95. The van der Waals surface area contributed by atoms with Crippen LogP contribution in [0.2, 0.25) is 0 Å². The van der Waals surface area contributed by atoms with Gasteiger partial charge in [-0.15, -0.1) is 0 Å². The molecule has 18 heavy (non-hydrogen) atoms. The average molecular weight is 344 g/mol. The maximum atomic E-state index is 5.41. The van der Waals surface area contributed by atoms with Gasteiger partial charge in [0.15, 0.2) is 10.4 Å². The lowest BCUT2D eigenvalue weighted by molar-refractivity contribution is 0.586. The van der Waals surface area contributed by atoms with Crippen molar-refractivity contribution in [3.8, 4) is 0 Å². The Kier molecular flexibility index (Phi) is 3.77. The van der Waals surface area contributed by atoms with Crippen molar-refractivity contribution in [3.63, 3.8) is 0 Å². The number of nitrogens with one attached hydrogen (secondary N) is 1. The number of hydrogen-bond donors (Lipinski definition) is 1. The van der Waals surface area contributed by atoms with Gasteiger partial charge in [0, 0.05) is 22.5 Å². The molecule has 1 N–H and O–H groups in total. The molecule has 0 aromatic carbocycles. The third kappa shape index (κ3) is 2.51. The van der Waals surface area contributed by atoms with E-state index in [2.05, 4.69) is 42.2 Å². The van der Waals surface area contributed by atoms with E-state index < -0.39 is 0 Å². The zero-order valence-corrected chi connectivity index (χ0v) is 13.1. The molecule has 0 spiro atoms. The molecule has 0 bridgehead atoms. The van der Waals surface area contributed by atoms with Crippen LogP contribution in [0.3, 0.4) is 0 Å². The number of fused-ring (bicyclic) bond motifs is 1. The molecule has 3 rings (SSSR count). The van der Waals surface area contributed by atoms with Crippen LogP contribution in [0.25, 0.3) is 11.2 Å². The van der Waals surface area contributed by atoms with E-state index in [-0.39, 0.29) is 0 Å². The molecule has 1 aliphatic rings. The van der Waals surface area contributed by atoms with Crippen LogP contribution in [0.15, 0.2) is 16.7 Å². The highest BCUT2D eigenvalue weighted by atomic mass is 79.9. The SMILES string of the molecule is S=c1[nH]c2cc(Br)cnc2n1CC1CCCCS1. The topological polar surface area (TPSA) is 33.6 Å². The quantitative estimate of drug-likeness (QED) is 0.832. The van der Waals surface area contributed by atoms with E-state index in [1.54, 1.807) is 0 Å². The number of rotatable bonds is 2. The van der Waals surface area contributed by atoms with Crippen LogP contribution in [0, 0.1) is 4.77 Å². The van der Waals surface area contributed by atoms with Gasteiger partial charge in [-0.1, -0.05) is 6.42 Å². The second kappa shape index (κ2) is 5.35. The zero-order chi connectivity index (χ0) is 12.5. The number of imidazole rings is 1. The van der Waals surface area contributed by atoms with Crippen LogP contribution in [0.1, 0.15) is 19.3 Å². The van der Waals surface area contributed by atoms with Crippen LogP contribution in [0.5, 0.6) is 0 Å². The summed E-state index contributed by atoms with van der Waals surface area (Å²) < 4.78 is 3.90. The molecule has 0 aliphatic carbocycles. The molecule has 1 saturated heterocycles. The fourth-order valence-corrected chi connectivity index (χ4v) is 4.24. The van der Waals surface area contributed by atoms with E-state index in [1.165, 1.54) is 25.0 Å². The predicted molar refractivity (Wildman–Crippen MR) is 82.7 cm³/mol. The molecule has 0 saturated carbocycles. The molecule has 3 nitrogen and oxygen atoms in total. The van der Waals surface area contributed by atoms with E-state index in [0.29, 0.717) is 5.25 Å². The first-order valence-corrected chi connectivity index (χ1v) is 8.35. The van der Waals surface area contributed by atoms with Gasteiger partial charge >= 0.3 is 0 Å². The molecule has 6 heteroatoms. The van der Waals surface area contributed by atoms with Crippen LogP contribution in [-0.4, -0.2) is 25.5 Å². The smallest absolute Gasteiger partial charge is 0.179 e. The summed E-state index contributed by atoms with van der Waals surface area (Å²) in [6.45, 7) is 0.970. The van der Waals surface area contributed by atoms with E-state index in [1.807, 2.05) is 12.3 Å². The highest BCUT2D eigenvalue weighted by Crippen LogP contribution is 2.27. The highest BCUT2D eigenvalue weighted by molar-refractivity contribution is 9.10. The molecule has 1 unspecified atom stereocenters. The Morgan fingerprint density at radius 2 is 2.44 bits per heavy atom. The Labute approximate surface area is 124 Å². The minimum Gasteiger partial charge on any atom is -0.329 e.